The van der Waals surface area contributed by atoms with Crippen molar-refractivity contribution in [1.82, 2.24) is 9.21 Å². The van der Waals surface area contributed by atoms with Crippen LogP contribution in [0.25, 0.3) is 0 Å². The number of benzene rings is 2. The zero-order valence-electron chi connectivity index (χ0n) is 20.9. The lowest BCUT2D eigenvalue weighted by atomic mass is 9.74. The van der Waals surface area contributed by atoms with Crippen LogP contribution in [0, 0.1) is 17.8 Å². The van der Waals surface area contributed by atoms with E-state index in [1.54, 1.807) is 35.7 Å². The maximum atomic E-state index is 13.5. The summed E-state index contributed by atoms with van der Waals surface area (Å²) in [5.41, 5.74) is 2.11. The average Bonchev–Trinajstić information content (AvgIpc) is 2.83. The van der Waals surface area contributed by atoms with E-state index in [9.17, 15) is 13.5 Å². The van der Waals surface area contributed by atoms with Crippen LogP contribution in [0.15, 0.2) is 53.4 Å². The Hall–Kier alpha value is -2.37. The van der Waals surface area contributed by atoms with E-state index >= 15 is 0 Å². The summed E-state index contributed by atoms with van der Waals surface area (Å²) in [4.78, 5) is 2.57. The van der Waals surface area contributed by atoms with E-state index in [1.807, 2.05) is 12.1 Å². The molecule has 0 spiro atoms. The number of sulfonamides is 1. The van der Waals surface area contributed by atoms with Crippen molar-refractivity contribution in [1.29, 1.82) is 0 Å². The van der Waals surface area contributed by atoms with Gasteiger partial charge in [-0.1, -0.05) is 37.8 Å². The van der Waals surface area contributed by atoms with Crippen LogP contribution in [0.1, 0.15) is 50.2 Å². The lowest BCUT2D eigenvalue weighted by Gasteiger charge is -2.57. The third kappa shape index (κ3) is 5.57. The maximum Gasteiger partial charge on any atom is 0.243 e. The van der Waals surface area contributed by atoms with Crippen molar-refractivity contribution in [3.8, 4) is 17.6 Å². The maximum absolute atomic E-state index is 13.5. The number of ether oxygens (including phenoxy) is 1. The second-order valence-corrected chi connectivity index (χ2v) is 11.8. The van der Waals surface area contributed by atoms with Crippen LogP contribution in [-0.2, 0) is 10.0 Å². The van der Waals surface area contributed by atoms with Gasteiger partial charge in [0.05, 0.1) is 18.6 Å². The Morgan fingerprint density at radius 1 is 1.06 bits per heavy atom. The number of aliphatic hydroxyl groups is 1. The topological polar surface area (TPSA) is 70.1 Å². The number of aliphatic hydroxyl groups excluding tert-OH is 1. The Bertz CT molecular complexity index is 1150. The molecule has 0 unspecified atom stereocenters. The Morgan fingerprint density at radius 2 is 1.74 bits per heavy atom. The SMILES string of the molecule is COc1ccc(S(=O)(=O)N2CCCCN3[C@H](CO)[C@H](c4ccc(C#CCC(C)C)cc4)[C@H]3C2)cc1. The number of methoxy groups -OCH3 is 1. The minimum atomic E-state index is -3.63. The fraction of sp³-hybridized carbons (Fsp3) is 0.500. The van der Waals surface area contributed by atoms with E-state index < -0.39 is 10.0 Å². The predicted octanol–water partition coefficient (Wildman–Crippen LogP) is 3.71. The molecule has 4 rings (SSSR count). The van der Waals surface area contributed by atoms with Gasteiger partial charge in [-0.3, -0.25) is 4.90 Å². The molecule has 0 saturated carbocycles. The Morgan fingerprint density at radius 3 is 2.37 bits per heavy atom. The molecule has 0 amide bonds. The van der Waals surface area contributed by atoms with Gasteiger partial charge in [0, 0.05) is 43.1 Å². The number of nitrogens with zero attached hydrogens (tertiary/aromatic N) is 2. The van der Waals surface area contributed by atoms with E-state index in [0.29, 0.717) is 24.8 Å². The highest BCUT2D eigenvalue weighted by atomic mass is 32.2. The molecule has 0 aromatic heterocycles. The summed E-state index contributed by atoms with van der Waals surface area (Å²) >= 11 is 0. The summed E-state index contributed by atoms with van der Waals surface area (Å²) in [6, 6.07) is 14.9. The quantitative estimate of drug-likeness (QED) is 0.618. The van der Waals surface area contributed by atoms with Crippen LogP contribution in [0.4, 0.5) is 0 Å². The molecule has 2 aliphatic heterocycles. The molecular weight excluding hydrogens is 460 g/mol. The van der Waals surface area contributed by atoms with E-state index in [2.05, 4.69) is 42.7 Å². The van der Waals surface area contributed by atoms with E-state index in [-0.39, 0.29) is 29.5 Å². The van der Waals surface area contributed by atoms with Crippen molar-refractivity contribution in [2.24, 2.45) is 5.92 Å². The highest BCUT2D eigenvalue weighted by molar-refractivity contribution is 7.89. The fourth-order valence-electron chi connectivity index (χ4n) is 5.17. The Labute approximate surface area is 210 Å². The molecule has 35 heavy (non-hydrogen) atoms. The van der Waals surface area contributed by atoms with Crippen molar-refractivity contribution in [2.45, 2.75) is 56.0 Å². The van der Waals surface area contributed by atoms with Crippen molar-refractivity contribution in [3.05, 3.63) is 59.7 Å². The first-order valence-electron chi connectivity index (χ1n) is 12.4. The molecule has 2 aromatic carbocycles. The highest BCUT2D eigenvalue weighted by Gasteiger charge is 2.50. The molecule has 188 valence electrons. The molecule has 7 heteroatoms. The molecular formula is C28H36N2O4S. The van der Waals surface area contributed by atoms with Crippen LogP contribution in [0.5, 0.6) is 5.75 Å². The fourth-order valence-corrected chi connectivity index (χ4v) is 6.67. The molecule has 2 saturated heterocycles. The van der Waals surface area contributed by atoms with Crippen molar-refractivity contribution >= 4 is 10.0 Å². The first-order chi connectivity index (χ1) is 16.8. The third-order valence-electron chi connectivity index (χ3n) is 7.07. The van der Waals surface area contributed by atoms with Gasteiger partial charge in [-0.05, 0) is 67.3 Å². The summed E-state index contributed by atoms with van der Waals surface area (Å²) in [7, 11) is -2.07. The number of hydrogen-bond donors (Lipinski definition) is 1. The van der Waals surface area contributed by atoms with Gasteiger partial charge >= 0.3 is 0 Å². The number of rotatable bonds is 6. The first-order valence-corrected chi connectivity index (χ1v) is 13.9. The largest absolute Gasteiger partial charge is 0.497 e. The van der Waals surface area contributed by atoms with Crippen LogP contribution < -0.4 is 4.74 Å². The summed E-state index contributed by atoms with van der Waals surface area (Å²) in [5, 5.41) is 10.2. The zero-order chi connectivity index (χ0) is 25.0. The monoisotopic (exact) mass is 496 g/mol. The zero-order valence-corrected chi connectivity index (χ0v) is 21.7. The summed E-state index contributed by atoms with van der Waals surface area (Å²) in [6.07, 6.45) is 2.57. The van der Waals surface area contributed by atoms with E-state index in [0.717, 1.165) is 36.9 Å². The normalized spacial score (nSPS) is 23.4. The molecule has 0 bridgehead atoms. The van der Waals surface area contributed by atoms with Crippen molar-refractivity contribution in [3.63, 3.8) is 0 Å². The van der Waals surface area contributed by atoms with Crippen molar-refractivity contribution < 1.29 is 18.3 Å². The molecule has 1 N–H and O–H groups in total. The molecule has 3 atom stereocenters. The molecule has 2 fully saturated rings. The smallest absolute Gasteiger partial charge is 0.243 e. The minimum absolute atomic E-state index is 0.00140. The van der Waals surface area contributed by atoms with Gasteiger partial charge < -0.3 is 9.84 Å². The van der Waals surface area contributed by atoms with Crippen LogP contribution in [0.3, 0.4) is 0 Å². The summed E-state index contributed by atoms with van der Waals surface area (Å²) in [6.45, 7) is 6.15. The molecule has 6 nitrogen and oxygen atoms in total. The van der Waals surface area contributed by atoms with Gasteiger partial charge in [-0.25, -0.2) is 8.42 Å². The molecule has 0 aliphatic carbocycles. The van der Waals surface area contributed by atoms with Crippen LogP contribution >= 0.6 is 0 Å². The van der Waals surface area contributed by atoms with Crippen LogP contribution in [0.2, 0.25) is 0 Å². The van der Waals surface area contributed by atoms with Gasteiger partial charge in [0.2, 0.25) is 10.0 Å². The predicted molar refractivity (Wildman–Crippen MR) is 138 cm³/mol. The lowest BCUT2D eigenvalue weighted by molar-refractivity contribution is -0.0553. The van der Waals surface area contributed by atoms with Gasteiger partial charge in [-0.15, -0.1) is 0 Å². The van der Waals surface area contributed by atoms with E-state index in [4.69, 9.17) is 4.74 Å². The standard InChI is InChI=1S/C28H36N2O4S/c1-21(2)7-6-8-22-9-11-23(12-10-22)28-26-19-29(17-4-5-18-30(26)27(28)20-31)35(32,33)25-15-13-24(34-3)14-16-25/h9-16,21,26-28,31H,4-5,7,17-20H2,1-3H3/t26-,27-,28-/m1/s1. The minimum Gasteiger partial charge on any atom is -0.497 e. The molecule has 2 aromatic rings. The van der Waals surface area contributed by atoms with E-state index in [1.165, 1.54) is 0 Å². The van der Waals surface area contributed by atoms with Gasteiger partial charge in [0.1, 0.15) is 5.75 Å². The number of fused-ring (bicyclic) bond motifs is 1. The number of hydrogen-bond acceptors (Lipinski definition) is 5. The molecule has 0 radical (unpaired) electrons. The van der Waals surface area contributed by atoms with Gasteiger partial charge in [0.25, 0.3) is 0 Å². The average molecular weight is 497 g/mol. The Kier molecular flexibility index (Phi) is 8.18. The molecule has 2 heterocycles. The second-order valence-electron chi connectivity index (χ2n) is 9.85. The Balaban J connectivity index is 1.56. The summed E-state index contributed by atoms with van der Waals surface area (Å²) < 4.78 is 33.8. The van der Waals surface area contributed by atoms with Crippen molar-refractivity contribution in [2.75, 3.05) is 33.4 Å². The lowest BCUT2D eigenvalue weighted by Crippen LogP contribution is -2.67. The first kappa shape index (κ1) is 25.7. The third-order valence-corrected chi connectivity index (χ3v) is 8.95. The molecule has 2 aliphatic rings. The second kappa shape index (κ2) is 11.1. The summed E-state index contributed by atoms with van der Waals surface area (Å²) in [5.74, 6) is 7.70. The highest BCUT2D eigenvalue weighted by Crippen LogP contribution is 2.42. The van der Waals surface area contributed by atoms with Crippen LogP contribution in [-0.4, -0.2) is 68.2 Å². The van der Waals surface area contributed by atoms with Gasteiger partial charge in [-0.2, -0.15) is 4.31 Å². The van der Waals surface area contributed by atoms with Gasteiger partial charge in [0.15, 0.2) is 0 Å².